The molecule has 1 fully saturated rings. The molecular formula is C15H17FN4O. The van der Waals surface area contributed by atoms with Crippen LogP contribution in [-0.4, -0.2) is 43.3 Å². The first-order chi connectivity index (χ1) is 10.3. The van der Waals surface area contributed by atoms with Crippen molar-refractivity contribution in [3.63, 3.8) is 0 Å². The first kappa shape index (κ1) is 13.6. The van der Waals surface area contributed by atoms with E-state index in [0.717, 1.165) is 37.6 Å². The van der Waals surface area contributed by atoms with Crippen LogP contribution in [0.5, 0.6) is 5.75 Å². The lowest BCUT2D eigenvalue weighted by Crippen LogP contribution is -2.46. The van der Waals surface area contributed by atoms with E-state index in [1.807, 2.05) is 18.2 Å². The van der Waals surface area contributed by atoms with Crippen molar-refractivity contribution < 1.29 is 9.13 Å². The number of hydrogen-bond acceptors (Lipinski definition) is 5. The minimum Gasteiger partial charge on any atom is -0.497 e. The molecule has 1 aromatic heterocycles. The summed E-state index contributed by atoms with van der Waals surface area (Å²) in [6.45, 7) is 3.32. The van der Waals surface area contributed by atoms with E-state index in [9.17, 15) is 4.39 Å². The molecule has 0 atom stereocenters. The van der Waals surface area contributed by atoms with E-state index >= 15 is 0 Å². The number of anilines is 2. The van der Waals surface area contributed by atoms with E-state index in [1.165, 1.54) is 12.4 Å². The molecule has 0 aliphatic carbocycles. The van der Waals surface area contributed by atoms with E-state index in [-0.39, 0.29) is 0 Å². The third-order valence-electron chi connectivity index (χ3n) is 3.64. The fourth-order valence-corrected chi connectivity index (χ4v) is 2.50. The van der Waals surface area contributed by atoms with Crippen LogP contribution in [0.3, 0.4) is 0 Å². The Morgan fingerprint density at radius 2 is 1.81 bits per heavy atom. The smallest absolute Gasteiger partial charge is 0.218 e. The molecule has 0 amide bonds. The quantitative estimate of drug-likeness (QED) is 0.808. The molecule has 1 aliphatic heterocycles. The lowest BCUT2D eigenvalue weighted by molar-refractivity contribution is 0.414. The molecule has 110 valence electrons. The average Bonchev–Trinajstić information content (AvgIpc) is 2.55. The normalized spacial score (nSPS) is 15.1. The molecule has 0 radical (unpaired) electrons. The molecule has 6 heteroatoms. The van der Waals surface area contributed by atoms with Crippen LogP contribution in [0.25, 0.3) is 0 Å². The number of halogens is 1. The van der Waals surface area contributed by atoms with Gasteiger partial charge in [-0.3, -0.25) is 0 Å². The number of rotatable bonds is 3. The largest absolute Gasteiger partial charge is 0.497 e. The summed E-state index contributed by atoms with van der Waals surface area (Å²) in [5.41, 5.74) is 1.14. The number of methoxy groups -OCH3 is 1. The summed E-state index contributed by atoms with van der Waals surface area (Å²) in [5.74, 6) is 1.01. The summed E-state index contributed by atoms with van der Waals surface area (Å²) >= 11 is 0. The average molecular weight is 288 g/mol. The predicted octanol–water partition coefficient (Wildman–Crippen LogP) is 1.95. The summed E-state index contributed by atoms with van der Waals surface area (Å²) in [7, 11) is 1.67. The van der Waals surface area contributed by atoms with Gasteiger partial charge in [0.15, 0.2) is 0 Å². The van der Waals surface area contributed by atoms with Gasteiger partial charge in [0, 0.05) is 44.0 Å². The van der Waals surface area contributed by atoms with E-state index in [4.69, 9.17) is 4.74 Å². The van der Waals surface area contributed by atoms with Gasteiger partial charge in [-0.05, 0) is 12.1 Å². The lowest BCUT2D eigenvalue weighted by atomic mass is 10.2. The molecule has 21 heavy (non-hydrogen) atoms. The molecule has 0 saturated carbocycles. The van der Waals surface area contributed by atoms with Crippen molar-refractivity contribution in [3.8, 4) is 5.75 Å². The Balaban J connectivity index is 1.67. The minimum absolute atomic E-state index is 0.491. The zero-order valence-electron chi connectivity index (χ0n) is 11.9. The number of aromatic nitrogens is 2. The first-order valence-corrected chi connectivity index (χ1v) is 6.88. The second-order valence-electron chi connectivity index (χ2n) is 4.87. The van der Waals surface area contributed by atoms with Gasteiger partial charge in [-0.2, -0.15) is 4.39 Å². The van der Waals surface area contributed by atoms with Crippen LogP contribution in [0.2, 0.25) is 0 Å². The third kappa shape index (κ3) is 3.04. The van der Waals surface area contributed by atoms with E-state index < -0.39 is 5.95 Å². The van der Waals surface area contributed by atoms with Gasteiger partial charge in [0.05, 0.1) is 7.11 Å². The van der Waals surface area contributed by atoms with Crippen molar-refractivity contribution in [2.75, 3.05) is 43.1 Å². The van der Waals surface area contributed by atoms with Crippen LogP contribution in [0.15, 0.2) is 36.7 Å². The van der Waals surface area contributed by atoms with Gasteiger partial charge in [0.1, 0.15) is 17.9 Å². The Morgan fingerprint density at radius 3 is 2.52 bits per heavy atom. The van der Waals surface area contributed by atoms with Gasteiger partial charge < -0.3 is 14.5 Å². The molecule has 2 heterocycles. The Hall–Kier alpha value is -2.37. The van der Waals surface area contributed by atoms with Crippen LogP contribution in [-0.2, 0) is 0 Å². The number of hydrogen-bond donors (Lipinski definition) is 0. The van der Waals surface area contributed by atoms with Crippen LogP contribution in [0.1, 0.15) is 0 Å². The number of benzene rings is 1. The highest BCUT2D eigenvalue weighted by Crippen LogP contribution is 2.23. The SMILES string of the molecule is COc1cccc(N2CCN(c3cc(F)ncn3)CC2)c1. The van der Waals surface area contributed by atoms with Gasteiger partial charge in [-0.1, -0.05) is 6.07 Å². The number of nitrogens with zero attached hydrogens (tertiary/aromatic N) is 4. The zero-order chi connectivity index (χ0) is 14.7. The maximum Gasteiger partial charge on any atom is 0.218 e. The van der Waals surface area contributed by atoms with Crippen LogP contribution < -0.4 is 14.5 Å². The van der Waals surface area contributed by atoms with Crippen LogP contribution in [0.4, 0.5) is 15.9 Å². The van der Waals surface area contributed by atoms with E-state index in [1.54, 1.807) is 7.11 Å². The topological polar surface area (TPSA) is 41.5 Å². The van der Waals surface area contributed by atoms with Gasteiger partial charge in [0.2, 0.25) is 5.95 Å². The highest BCUT2D eigenvalue weighted by Gasteiger charge is 2.19. The summed E-state index contributed by atoms with van der Waals surface area (Å²) in [6.07, 6.45) is 1.26. The van der Waals surface area contributed by atoms with Crippen molar-refractivity contribution in [1.82, 2.24) is 9.97 Å². The van der Waals surface area contributed by atoms with Crippen LogP contribution >= 0.6 is 0 Å². The Labute approximate surface area is 123 Å². The standard InChI is InChI=1S/C15H17FN4O/c1-21-13-4-2-3-12(9-13)19-5-7-20(8-6-19)15-10-14(16)17-11-18-15/h2-4,9-11H,5-8H2,1H3. The summed E-state index contributed by atoms with van der Waals surface area (Å²) in [4.78, 5) is 12.0. The second-order valence-corrected chi connectivity index (χ2v) is 4.87. The highest BCUT2D eigenvalue weighted by atomic mass is 19.1. The van der Waals surface area contributed by atoms with Crippen molar-refractivity contribution >= 4 is 11.5 Å². The molecule has 1 saturated heterocycles. The molecular weight excluding hydrogens is 271 g/mol. The monoisotopic (exact) mass is 288 g/mol. The molecule has 0 bridgehead atoms. The first-order valence-electron chi connectivity index (χ1n) is 6.88. The Bertz CT molecular complexity index is 614. The lowest BCUT2D eigenvalue weighted by Gasteiger charge is -2.36. The van der Waals surface area contributed by atoms with E-state index in [2.05, 4.69) is 25.8 Å². The molecule has 1 aromatic carbocycles. The summed E-state index contributed by atoms with van der Waals surface area (Å²) in [6, 6.07) is 9.40. The third-order valence-corrected chi connectivity index (χ3v) is 3.64. The molecule has 5 nitrogen and oxygen atoms in total. The van der Waals surface area contributed by atoms with Crippen molar-refractivity contribution in [1.29, 1.82) is 0 Å². The van der Waals surface area contributed by atoms with Crippen molar-refractivity contribution in [2.24, 2.45) is 0 Å². The van der Waals surface area contributed by atoms with Gasteiger partial charge in [0.25, 0.3) is 0 Å². The van der Waals surface area contributed by atoms with Gasteiger partial charge >= 0.3 is 0 Å². The molecule has 3 rings (SSSR count). The molecule has 2 aromatic rings. The molecule has 0 N–H and O–H groups in total. The second kappa shape index (κ2) is 5.95. The molecule has 1 aliphatic rings. The van der Waals surface area contributed by atoms with Crippen molar-refractivity contribution in [3.05, 3.63) is 42.6 Å². The minimum atomic E-state index is -0.491. The summed E-state index contributed by atoms with van der Waals surface area (Å²) in [5, 5.41) is 0. The van der Waals surface area contributed by atoms with E-state index in [0.29, 0.717) is 5.82 Å². The zero-order valence-corrected chi connectivity index (χ0v) is 11.9. The fourth-order valence-electron chi connectivity index (χ4n) is 2.50. The maximum absolute atomic E-state index is 13.1. The molecule has 0 unspecified atom stereocenters. The van der Waals surface area contributed by atoms with Gasteiger partial charge in [-0.15, -0.1) is 0 Å². The van der Waals surface area contributed by atoms with Crippen LogP contribution in [0, 0.1) is 5.95 Å². The fraction of sp³-hybridized carbons (Fsp3) is 0.333. The maximum atomic E-state index is 13.1. The van der Waals surface area contributed by atoms with Gasteiger partial charge in [-0.25, -0.2) is 9.97 Å². The van der Waals surface area contributed by atoms with Crippen molar-refractivity contribution in [2.45, 2.75) is 0 Å². The Morgan fingerprint density at radius 1 is 1.05 bits per heavy atom. The number of ether oxygens (including phenoxy) is 1. The summed E-state index contributed by atoms with van der Waals surface area (Å²) < 4.78 is 18.4. The number of piperazine rings is 1. The Kier molecular flexibility index (Phi) is 3.85. The predicted molar refractivity (Wildman–Crippen MR) is 79.4 cm³/mol. The highest BCUT2D eigenvalue weighted by molar-refractivity contribution is 5.52. The molecule has 0 spiro atoms.